The highest BCUT2D eigenvalue weighted by molar-refractivity contribution is 6.17. The number of hydrogen-bond donors (Lipinski definition) is 2. The summed E-state index contributed by atoms with van der Waals surface area (Å²) in [4.78, 5) is 19.0. The van der Waals surface area contributed by atoms with Gasteiger partial charge in [0.25, 0.3) is 0 Å². The van der Waals surface area contributed by atoms with E-state index >= 15 is 0 Å². The van der Waals surface area contributed by atoms with Crippen molar-refractivity contribution in [3.05, 3.63) is 18.1 Å². The SMILES string of the molecule is Nc1ncc(C(=O)O)c2c1ncn2CCCCl. The predicted octanol–water partition coefficient (Wildman–Crippen LogP) is 1.34. The van der Waals surface area contributed by atoms with Crippen LogP contribution in [0.4, 0.5) is 5.82 Å². The largest absolute Gasteiger partial charge is 0.478 e. The number of carboxylic acid groups (broad SMARTS) is 1. The van der Waals surface area contributed by atoms with Gasteiger partial charge in [-0.1, -0.05) is 0 Å². The van der Waals surface area contributed by atoms with Crippen LogP contribution in [0.1, 0.15) is 16.8 Å². The number of alkyl halides is 1. The molecule has 6 nitrogen and oxygen atoms in total. The van der Waals surface area contributed by atoms with Crippen LogP contribution in [0.25, 0.3) is 11.0 Å². The maximum Gasteiger partial charge on any atom is 0.339 e. The Balaban J connectivity index is 2.62. The highest BCUT2D eigenvalue weighted by Crippen LogP contribution is 2.21. The lowest BCUT2D eigenvalue weighted by Gasteiger charge is -2.05. The van der Waals surface area contributed by atoms with Gasteiger partial charge in [-0.25, -0.2) is 14.8 Å². The number of aromatic nitrogens is 3. The number of anilines is 1. The lowest BCUT2D eigenvalue weighted by Crippen LogP contribution is -2.06. The topological polar surface area (TPSA) is 94.0 Å². The minimum atomic E-state index is -1.05. The van der Waals surface area contributed by atoms with Gasteiger partial charge in [0, 0.05) is 18.6 Å². The first-order chi connectivity index (χ1) is 8.15. The van der Waals surface area contributed by atoms with Crippen LogP contribution in [0.3, 0.4) is 0 Å². The fraction of sp³-hybridized carbons (Fsp3) is 0.300. The molecule has 17 heavy (non-hydrogen) atoms. The Morgan fingerprint density at radius 1 is 1.53 bits per heavy atom. The molecular weight excluding hydrogens is 244 g/mol. The number of nitrogens with zero attached hydrogens (tertiary/aromatic N) is 3. The molecule has 2 heterocycles. The van der Waals surface area contributed by atoms with Gasteiger partial charge >= 0.3 is 5.97 Å². The molecule has 0 unspecified atom stereocenters. The highest BCUT2D eigenvalue weighted by atomic mass is 35.5. The number of nitrogen functional groups attached to an aromatic ring is 1. The summed E-state index contributed by atoms with van der Waals surface area (Å²) >= 11 is 5.62. The van der Waals surface area contributed by atoms with E-state index in [4.69, 9.17) is 22.4 Å². The summed E-state index contributed by atoms with van der Waals surface area (Å²) in [6, 6.07) is 0. The molecule has 0 amide bonds. The summed E-state index contributed by atoms with van der Waals surface area (Å²) in [5.74, 6) is -0.312. The third kappa shape index (κ3) is 2.03. The first kappa shape index (κ1) is 11.7. The van der Waals surface area contributed by atoms with Crippen LogP contribution in [0.2, 0.25) is 0 Å². The third-order valence-corrected chi connectivity index (χ3v) is 2.70. The van der Waals surface area contributed by atoms with Gasteiger partial charge in [0.2, 0.25) is 0 Å². The molecule has 0 aliphatic carbocycles. The number of hydrogen-bond acceptors (Lipinski definition) is 4. The second kappa shape index (κ2) is 4.58. The molecule has 0 saturated heterocycles. The first-order valence-corrected chi connectivity index (χ1v) is 5.57. The van der Waals surface area contributed by atoms with E-state index in [-0.39, 0.29) is 11.4 Å². The van der Waals surface area contributed by atoms with Crippen molar-refractivity contribution in [2.75, 3.05) is 11.6 Å². The highest BCUT2D eigenvalue weighted by Gasteiger charge is 2.16. The Kier molecular flexibility index (Phi) is 3.14. The minimum absolute atomic E-state index is 0.0984. The molecule has 0 aliphatic heterocycles. The number of rotatable bonds is 4. The van der Waals surface area contributed by atoms with Gasteiger partial charge in [-0.15, -0.1) is 11.6 Å². The summed E-state index contributed by atoms with van der Waals surface area (Å²) < 4.78 is 1.74. The zero-order valence-corrected chi connectivity index (χ0v) is 9.68. The molecule has 0 saturated carbocycles. The van der Waals surface area contributed by atoms with Crippen LogP contribution in [0, 0.1) is 0 Å². The minimum Gasteiger partial charge on any atom is -0.478 e. The number of nitrogens with two attached hydrogens (primary N) is 1. The monoisotopic (exact) mass is 254 g/mol. The second-order valence-corrected chi connectivity index (χ2v) is 3.92. The molecule has 2 aromatic heterocycles. The van der Waals surface area contributed by atoms with Crippen LogP contribution in [0.15, 0.2) is 12.5 Å². The summed E-state index contributed by atoms with van der Waals surface area (Å²) in [5, 5.41) is 9.09. The first-order valence-electron chi connectivity index (χ1n) is 5.03. The summed E-state index contributed by atoms with van der Waals surface area (Å²) in [6.45, 7) is 0.601. The van der Waals surface area contributed by atoms with Crippen molar-refractivity contribution in [2.24, 2.45) is 0 Å². The van der Waals surface area contributed by atoms with E-state index in [0.29, 0.717) is 23.5 Å². The summed E-state index contributed by atoms with van der Waals surface area (Å²) in [6.07, 6.45) is 3.54. The molecular formula is C10H11ClN4O2. The molecule has 7 heteroatoms. The predicted molar refractivity (Wildman–Crippen MR) is 64.2 cm³/mol. The molecule has 0 spiro atoms. The van der Waals surface area contributed by atoms with E-state index in [9.17, 15) is 4.79 Å². The zero-order chi connectivity index (χ0) is 12.4. The standard InChI is InChI=1S/C10H11ClN4O2/c11-2-1-3-15-5-14-7-8(15)6(10(16)17)4-13-9(7)12/h4-5H,1-3H2,(H2,12,13)(H,16,17). The fourth-order valence-electron chi connectivity index (χ4n) is 1.66. The Hall–Kier alpha value is -1.82. The van der Waals surface area contributed by atoms with E-state index in [1.807, 2.05) is 0 Å². The van der Waals surface area contributed by atoms with Gasteiger partial charge in [0.1, 0.15) is 11.1 Å². The summed E-state index contributed by atoms with van der Waals surface area (Å²) in [5.41, 5.74) is 6.67. The van der Waals surface area contributed by atoms with Gasteiger partial charge in [0.05, 0.1) is 11.8 Å². The van der Waals surface area contributed by atoms with E-state index in [1.54, 1.807) is 10.9 Å². The molecule has 0 atom stereocenters. The molecule has 3 N–H and O–H groups in total. The summed E-state index contributed by atoms with van der Waals surface area (Å²) in [7, 11) is 0. The van der Waals surface area contributed by atoms with Crippen LogP contribution < -0.4 is 5.73 Å². The molecule has 0 aromatic carbocycles. The van der Waals surface area contributed by atoms with Crippen LogP contribution in [0.5, 0.6) is 0 Å². The lowest BCUT2D eigenvalue weighted by atomic mass is 10.2. The Morgan fingerprint density at radius 3 is 2.94 bits per heavy atom. The Bertz CT molecular complexity index is 567. The number of pyridine rings is 1. The van der Waals surface area contributed by atoms with E-state index < -0.39 is 5.97 Å². The molecule has 0 aliphatic rings. The zero-order valence-electron chi connectivity index (χ0n) is 8.93. The van der Waals surface area contributed by atoms with Gasteiger partial charge in [-0.2, -0.15) is 0 Å². The molecule has 0 bridgehead atoms. The van der Waals surface area contributed by atoms with Crippen molar-refractivity contribution in [2.45, 2.75) is 13.0 Å². The maximum absolute atomic E-state index is 11.1. The fourth-order valence-corrected chi connectivity index (χ4v) is 1.78. The Morgan fingerprint density at radius 2 is 2.29 bits per heavy atom. The molecule has 2 aromatic rings. The smallest absolute Gasteiger partial charge is 0.339 e. The van der Waals surface area contributed by atoms with Crippen molar-refractivity contribution in [1.82, 2.24) is 14.5 Å². The van der Waals surface area contributed by atoms with Crippen molar-refractivity contribution < 1.29 is 9.90 Å². The van der Waals surface area contributed by atoms with E-state index in [2.05, 4.69) is 9.97 Å². The number of aryl methyl sites for hydroxylation is 1. The number of fused-ring (bicyclic) bond motifs is 1. The molecule has 0 radical (unpaired) electrons. The van der Waals surface area contributed by atoms with Crippen LogP contribution >= 0.6 is 11.6 Å². The van der Waals surface area contributed by atoms with E-state index in [0.717, 1.165) is 6.42 Å². The lowest BCUT2D eigenvalue weighted by molar-refractivity contribution is 0.0698. The van der Waals surface area contributed by atoms with Crippen molar-refractivity contribution in [1.29, 1.82) is 0 Å². The van der Waals surface area contributed by atoms with Crippen molar-refractivity contribution in [3.8, 4) is 0 Å². The normalized spacial score (nSPS) is 10.9. The second-order valence-electron chi connectivity index (χ2n) is 3.54. The molecule has 90 valence electrons. The van der Waals surface area contributed by atoms with Crippen LogP contribution in [-0.4, -0.2) is 31.5 Å². The van der Waals surface area contributed by atoms with E-state index in [1.165, 1.54) is 6.20 Å². The Labute approximate surface area is 102 Å². The quantitative estimate of drug-likeness (QED) is 0.803. The average Bonchev–Trinajstić information content (AvgIpc) is 2.71. The average molecular weight is 255 g/mol. The maximum atomic E-state index is 11.1. The number of aromatic carboxylic acids is 1. The molecule has 2 rings (SSSR count). The number of carbonyl (C=O) groups is 1. The van der Waals surface area contributed by atoms with Gasteiger partial charge in [-0.05, 0) is 6.42 Å². The van der Waals surface area contributed by atoms with Gasteiger partial charge < -0.3 is 15.4 Å². The third-order valence-electron chi connectivity index (χ3n) is 2.43. The van der Waals surface area contributed by atoms with Crippen molar-refractivity contribution >= 4 is 34.4 Å². The van der Waals surface area contributed by atoms with Crippen molar-refractivity contribution in [3.63, 3.8) is 0 Å². The molecule has 0 fully saturated rings. The number of halogens is 1. The van der Waals surface area contributed by atoms with Crippen LogP contribution in [-0.2, 0) is 6.54 Å². The van der Waals surface area contributed by atoms with Gasteiger partial charge in [0.15, 0.2) is 5.82 Å². The number of imidazole rings is 1. The number of carboxylic acids is 1. The van der Waals surface area contributed by atoms with Gasteiger partial charge in [-0.3, -0.25) is 0 Å².